The average Bonchev–Trinajstić information content (AvgIpc) is 3.24. The second kappa shape index (κ2) is 8.98. The molecule has 35 heavy (non-hydrogen) atoms. The topological polar surface area (TPSA) is 81.9 Å². The summed E-state index contributed by atoms with van der Waals surface area (Å²) in [7, 11) is 0. The van der Waals surface area contributed by atoms with Crippen LogP contribution in [0.3, 0.4) is 0 Å². The third-order valence-electron chi connectivity index (χ3n) is 6.55. The Morgan fingerprint density at radius 2 is 2.03 bits per heavy atom. The highest BCUT2D eigenvalue weighted by Gasteiger charge is 2.30. The predicted molar refractivity (Wildman–Crippen MR) is 129 cm³/mol. The van der Waals surface area contributed by atoms with Gasteiger partial charge in [0.15, 0.2) is 5.89 Å². The maximum Gasteiger partial charge on any atom is 0.246 e. The normalized spacial score (nSPS) is 15.5. The highest BCUT2D eigenvalue weighted by Crippen LogP contribution is 2.40. The van der Waals surface area contributed by atoms with Crippen LogP contribution in [0.5, 0.6) is 5.75 Å². The van der Waals surface area contributed by atoms with Crippen LogP contribution in [0.4, 0.5) is 0 Å². The van der Waals surface area contributed by atoms with Gasteiger partial charge in [0, 0.05) is 25.1 Å². The molecule has 1 aromatic carbocycles. The number of nitrogens with zero attached hydrogens (tertiary/aromatic N) is 2. The molecule has 2 aliphatic rings. The highest BCUT2D eigenvalue weighted by atomic mass is 16.5. The van der Waals surface area contributed by atoms with E-state index < -0.39 is 0 Å². The Bertz CT molecular complexity index is 1360. The van der Waals surface area contributed by atoms with E-state index in [1.54, 1.807) is 30.7 Å². The molecule has 7 heteroatoms. The Morgan fingerprint density at radius 3 is 2.80 bits per heavy atom. The summed E-state index contributed by atoms with van der Waals surface area (Å²) >= 11 is 0. The van der Waals surface area contributed by atoms with Gasteiger partial charge in [-0.2, -0.15) is 0 Å². The molecular formula is C28H26N2O5. The second-order valence-corrected chi connectivity index (χ2v) is 9.07. The van der Waals surface area contributed by atoms with Crippen molar-refractivity contribution in [1.29, 1.82) is 0 Å². The van der Waals surface area contributed by atoms with E-state index in [-0.39, 0.29) is 5.91 Å². The zero-order valence-electron chi connectivity index (χ0n) is 19.5. The molecule has 4 heterocycles. The molecule has 0 atom stereocenters. The van der Waals surface area contributed by atoms with E-state index in [0.717, 1.165) is 53.5 Å². The Kier molecular flexibility index (Phi) is 5.52. The van der Waals surface area contributed by atoms with E-state index in [9.17, 15) is 4.79 Å². The van der Waals surface area contributed by atoms with Gasteiger partial charge in [-0.25, -0.2) is 4.98 Å². The molecule has 178 valence electrons. The molecule has 4 aromatic rings. The molecular weight excluding hydrogens is 444 g/mol. The number of oxazole rings is 1. The lowest BCUT2D eigenvalue weighted by molar-refractivity contribution is -0.126. The molecule has 3 aromatic heterocycles. The molecule has 1 saturated carbocycles. The quantitative estimate of drug-likeness (QED) is 0.313. The summed E-state index contributed by atoms with van der Waals surface area (Å²) in [6.07, 6.45) is 9.54. The summed E-state index contributed by atoms with van der Waals surface area (Å²) in [6, 6.07) is 11.6. The third kappa shape index (κ3) is 4.54. The van der Waals surface area contributed by atoms with Crippen LogP contribution >= 0.6 is 0 Å². The summed E-state index contributed by atoms with van der Waals surface area (Å²) < 4.78 is 23.1. The molecule has 1 aliphatic heterocycles. The number of hydrogen-bond acceptors (Lipinski definition) is 6. The molecule has 0 radical (unpaired) electrons. The van der Waals surface area contributed by atoms with Gasteiger partial charge in [0.25, 0.3) is 0 Å². The SMILES string of the molecule is Cc1oc(C2CC2)nc1COc1cc2c(cc1-c1ccco1)CCN(C(=O)/C=C/c1ccco1)C2. The number of furan rings is 2. The van der Waals surface area contributed by atoms with Crippen molar-refractivity contribution in [3.05, 3.63) is 89.2 Å². The Labute approximate surface area is 203 Å². The smallest absolute Gasteiger partial charge is 0.246 e. The Balaban J connectivity index is 1.24. The predicted octanol–water partition coefficient (Wildman–Crippen LogP) is 5.89. The van der Waals surface area contributed by atoms with Crippen LogP contribution in [-0.2, 0) is 24.4 Å². The number of carbonyl (C=O) groups is 1. The first-order valence-electron chi connectivity index (χ1n) is 11.9. The van der Waals surface area contributed by atoms with Crippen LogP contribution in [0, 0.1) is 6.92 Å². The minimum Gasteiger partial charge on any atom is -0.486 e. The lowest BCUT2D eigenvalue weighted by Crippen LogP contribution is -2.34. The largest absolute Gasteiger partial charge is 0.486 e. The van der Waals surface area contributed by atoms with Crippen molar-refractivity contribution in [1.82, 2.24) is 9.88 Å². The number of amides is 1. The van der Waals surface area contributed by atoms with Gasteiger partial charge in [0.2, 0.25) is 5.91 Å². The number of carbonyl (C=O) groups excluding carboxylic acids is 1. The summed E-state index contributed by atoms with van der Waals surface area (Å²) in [4.78, 5) is 19.3. The third-order valence-corrected chi connectivity index (χ3v) is 6.55. The number of hydrogen-bond donors (Lipinski definition) is 0. The molecule has 0 saturated heterocycles. The molecule has 0 N–H and O–H groups in total. The van der Waals surface area contributed by atoms with Crippen molar-refractivity contribution in [2.45, 2.75) is 45.3 Å². The van der Waals surface area contributed by atoms with Gasteiger partial charge in [-0.05, 0) is 79.8 Å². The molecule has 0 spiro atoms. The van der Waals surface area contributed by atoms with Crippen molar-refractivity contribution in [3.8, 4) is 17.1 Å². The fraction of sp³-hybridized carbons (Fsp3) is 0.286. The first-order chi connectivity index (χ1) is 17.1. The number of aromatic nitrogens is 1. The number of aryl methyl sites for hydroxylation is 1. The second-order valence-electron chi connectivity index (χ2n) is 9.07. The van der Waals surface area contributed by atoms with Gasteiger partial charge >= 0.3 is 0 Å². The van der Waals surface area contributed by atoms with Gasteiger partial charge in [-0.15, -0.1) is 0 Å². The molecule has 0 bridgehead atoms. The molecule has 1 fully saturated rings. The summed E-state index contributed by atoms with van der Waals surface area (Å²) in [6.45, 7) is 3.40. The van der Waals surface area contributed by atoms with Crippen LogP contribution in [0.15, 0.2) is 68.3 Å². The van der Waals surface area contributed by atoms with Crippen LogP contribution in [0.25, 0.3) is 17.4 Å². The van der Waals surface area contributed by atoms with E-state index in [1.165, 1.54) is 5.56 Å². The van der Waals surface area contributed by atoms with Gasteiger partial charge in [-0.1, -0.05) is 0 Å². The van der Waals surface area contributed by atoms with Gasteiger partial charge < -0.3 is 22.9 Å². The summed E-state index contributed by atoms with van der Waals surface area (Å²) in [5.74, 6) is 4.13. The van der Waals surface area contributed by atoms with Crippen LogP contribution in [-0.4, -0.2) is 22.3 Å². The average molecular weight is 471 g/mol. The van der Waals surface area contributed by atoms with Crippen LogP contribution < -0.4 is 4.74 Å². The number of ether oxygens (including phenoxy) is 1. The maximum atomic E-state index is 12.8. The van der Waals surface area contributed by atoms with Crippen molar-refractivity contribution in [2.24, 2.45) is 0 Å². The first kappa shape index (κ1) is 21.5. The van der Waals surface area contributed by atoms with Crippen molar-refractivity contribution < 1.29 is 22.8 Å². The van der Waals surface area contributed by atoms with Gasteiger partial charge in [0.05, 0.1) is 18.1 Å². The van der Waals surface area contributed by atoms with Gasteiger partial charge in [0.1, 0.15) is 35.3 Å². The monoisotopic (exact) mass is 470 g/mol. The minimum absolute atomic E-state index is 0.0459. The van der Waals surface area contributed by atoms with E-state index in [4.69, 9.17) is 18.0 Å². The Morgan fingerprint density at radius 1 is 1.17 bits per heavy atom. The van der Waals surface area contributed by atoms with E-state index in [1.807, 2.05) is 36.1 Å². The lowest BCUT2D eigenvalue weighted by Gasteiger charge is -2.29. The fourth-order valence-corrected chi connectivity index (χ4v) is 4.40. The number of benzene rings is 1. The van der Waals surface area contributed by atoms with E-state index in [0.29, 0.717) is 37.1 Å². The van der Waals surface area contributed by atoms with Crippen LogP contribution in [0.2, 0.25) is 0 Å². The molecule has 1 amide bonds. The Hall–Kier alpha value is -4.00. The standard InChI is InChI=1S/C28H26N2O5/c1-18-24(29-28(35-18)19-6-7-19)17-34-26-15-21-16-30(27(31)9-8-22-4-2-12-32-22)11-10-20(21)14-23(26)25-5-3-13-33-25/h2-5,8-9,12-15,19H,6-7,10-11,16-17H2,1H3/b9-8+. The van der Waals surface area contributed by atoms with Crippen molar-refractivity contribution >= 4 is 12.0 Å². The maximum absolute atomic E-state index is 12.8. The van der Waals surface area contributed by atoms with E-state index in [2.05, 4.69) is 11.1 Å². The zero-order valence-corrected chi connectivity index (χ0v) is 19.5. The van der Waals surface area contributed by atoms with Gasteiger partial charge in [-0.3, -0.25) is 4.79 Å². The number of fused-ring (bicyclic) bond motifs is 1. The van der Waals surface area contributed by atoms with E-state index >= 15 is 0 Å². The van der Waals surface area contributed by atoms with Crippen LogP contribution in [0.1, 0.15) is 53.0 Å². The first-order valence-corrected chi connectivity index (χ1v) is 11.9. The zero-order chi connectivity index (χ0) is 23.8. The summed E-state index contributed by atoms with van der Waals surface area (Å²) in [5.41, 5.74) is 3.97. The van der Waals surface area contributed by atoms with Crippen molar-refractivity contribution in [2.75, 3.05) is 6.54 Å². The lowest BCUT2D eigenvalue weighted by atomic mass is 9.95. The minimum atomic E-state index is -0.0459. The molecule has 6 rings (SSSR count). The molecule has 0 unspecified atom stereocenters. The fourth-order valence-electron chi connectivity index (χ4n) is 4.40. The molecule has 7 nitrogen and oxygen atoms in total. The van der Waals surface area contributed by atoms with Crippen molar-refractivity contribution in [3.63, 3.8) is 0 Å². The highest BCUT2D eigenvalue weighted by molar-refractivity contribution is 5.91. The molecule has 1 aliphatic carbocycles. The summed E-state index contributed by atoms with van der Waals surface area (Å²) in [5, 5.41) is 0. The number of rotatable bonds is 7.